The maximum absolute atomic E-state index is 13.8. The monoisotopic (exact) mass is 447 g/mol. The third-order valence-corrected chi connectivity index (χ3v) is 4.92. The van der Waals surface area contributed by atoms with Gasteiger partial charge in [0, 0.05) is 6.54 Å². The Hall–Kier alpha value is -3.33. The Morgan fingerprint density at radius 1 is 1.25 bits per heavy atom. The van der Waals surface area contributed by atoms with Crippen LogP contribution >= 0.6 is 0 Å². The smallest absolute Gasteiger partial charge is 0.409 e. The standard InChI is InChI=1S/C23H24F3N3O3/c1-3-12-32-17-10-8-16(9-11-17)14-28(2)15-22(31)29-19-7-5-4-6-18(19)27-21(30)13-20(29)23(24,25)26/h3-11,20H,1,12-15H2,2H3,(H,27,30)/t20-/m1/s1. The van der Waals surface area contributed by atoms with Gasteiger partial charge in [0.1, 0.15) is 18.4 Å². The van der Waals surface area contributed by atoms with Gasteiger partial charge in [-0.3, -0.25) is 19.4 Å². The predicted octanol–water partition coefficient (Wildman–Crippen LogP) is 3.99. The highest BCUT2D eigenvalue weighted by atomic mass is 19.4. The van der Waals surface area contributed by atoms with Crippen molar-refractivity contribution in [3.8, 4) is 5.75 Å². The van der Waals surface area contributed by atoms with Gasteiger partial charge in [-0.25, -0.2) is 0 Å². The average Bonchev–Trinajstić information content (AvgIpc) is 2.88. The Bertz CT molecular complexity index is 976. The maximum atomic E-state index is 13.8. The summed E-state index contributed by atoms with van der Waals surface area (Å²) in [5.41, 5.74) is 1.07. The molecule has 170 valence electrons. The summed E-state index contributed by atoms with van der Waals surface area (Å²) in [5, 5.41) is 2.46. The van der Waals surface area contributed by atoms with Crippen molar-refractivity contribution in [1.82, 2.24) is 4.90 Å². The van der Waals surface area contributed by atoms with E-state index in [1.165, 1.54) is 18.2 Å². The van der Waals surface area contributed by atoms with Gasteiger partial charge in [0.15, 0.2) is 0 Å². The van der Waals surface area contributed by atoms with Gasteiger partial charge in [-0.1, -0.05) is 36.9 Å². The number of benzene rings is 2. The molecule has 2 amide bonds. The number of anilines is 2. The summed E-state index contributed by atoms with van der Waals surface area (Å²) in [4.78, 5) is 27.4. The number of hydrogen-bond donors (Lipinski definition) is 1. The number of fused-ring (bicyclic) bond motifs is 1. The number of ether oxygens (including phenoxy) is 1. The Labute approximate surface area is 184 Å². The van der Waals surface area contributed by atoms with Crippen molar-refractivity contribution >= 4 is 23.2 Å². The first-order valence-corrected chi connectivity index (χ1v) is 9.98. The second kappa shape index (κ2) is 9.86. The molecule has 6 nitrogen and oxygen atoms in total. The minimum Gasteiger partial charge on any atom is -0.490 e. The third-order valence-electron chi connectivity index (χ3n) is 4.92. The summed E-state index contributed by atoms with van der Waals surface area (Å²) in [7, 11) is 1.65. The van der Waals surface area contributed by atoms with Gasteiger partial charge < -0.3 is 10.1 Å². The molecule has 1 heterocycles. The minimum absolute atomic E-state index is 0.0304. The maximum Gasteiger partial charge on any atom is 0.409 e. The number of halogens is 3. The molecule has 32 heavy (non-hydrogen) atoms. The van der Waals surface area contributed by atoms with E-state index in [9.17, 15) is 22.8 Å². The van der Waals surface area contributed by atoms with E-state index in [0.717, 1.165) is 5.56 Å². The van der Waals surface area contributed by atoms with E-state index in [-0.39, 0.29) is 17.9 Å². The fraction of sp³-hybridized carbons (Fsp3) is 0.304. The second-order valence-electron chi connectivity index (χ2n) is 7.51. The Morgan fingerprint density at radius 3 is 2.59 bits per heavy atom. The third kappa shape index (κ3) is 5.67. The minimum atomic E-state index is -4.76. The van der Waals surface area contributed by atoms with Gasteiger partial charge in [-0.05, 0) is 36.9 Å². The molecule has 1 aliphatic rings. The number of hydrogen-bond acceptors (Lipinski definition) is 4. The zero-order valence-corrected chi connectivity index (χ0v) is 17.6. The molecule has 0 fully saturated rings. The van der Waals surface area contributed by atoms with Crippen molar-refractivity contribution < 1.29 is 27.5 Å². The average molecular weight is 447 g/mol. The van der Waals surface area contributed by atoms with Crippen LogP contribution in [0.1, 0.15) is 12.0 Å². The molecule has 0 saturated heterocycles. The topological polar surface area (TPSA) is 61.9 Å². The number of amides is 2. The quantitative estimate of drug-likeness (QED) is 0.652. The highest BCUT2D eigenvalue weighted by molar-refractivity contribution is 6.05. The van der Waals surface area contributed by atoms with Gasteiger partial charge in [0.25, 0.3) is 0 Å². The Morgan fingerprint density at radius 2 is 1.94 bits per heavy atom. The van der Waals surface area contributed by atoms with Crippen LogP contribution in [-0.4, -0.2) is 49.1 Å². The predicted molar refractivity (Wildman–Crippen MR) is 115 cm³/mol. The van der Waals surface area contributed by atoms with Gasteiger partial charge in [-0.2, -0.15) is 13.2 Å². The van der Waals surface area contributed by atoms with Crippen LogP contribution in [0.4, 0.5) is 24.5 Å². The van der Waals surface area contributed by atoms with Crippen molar-refractivity contribution in [3.05, 3.63) is 66.7 Å². The largest absolute Gasteiger partial charge is 0.490 e. The lowest BCUT2D eigenvalue weighted by atomic mass is 10.1. The van der Waals surface area contributed by atoms with Crippen molar-refractivity contribution in [2.75, 3.05) is 30.4 Å². The number of alkyl halides is 3. The number of nitrogens with one attached hydrogen (secondary N) is 1. The molecular formula is C23H24F3N3O3. The van der Waals surface area contributed by atoms with E-state index in [4.69, 9.17) is 4.74 Å². The number of para-hydroxylation sites is 2. The molecule has 2 aromatic rings. The number of nitrogens with zero attached hydrogens (tertiary/aromatic N) is 2. The van der Waals surface area contributed by atoms with Crippen molar-refractivity contribution in [1.29, 1.82) is 0 Å². The lowest BCUT2D eigenvalue weighted by molar-refractivity contribution is -0.158. The molecule has 2 aromatic carbocycles. The normalized spacial score (nSPS) is 16.2. The number of rotatable bonds is 7. The van der Waals surface area contributed by atoms with Gasteiger partial charge >= 0.3 is 6.18 Å². The van der Waals surface area contributed by atoms with Crippen LogP contribution in [-0.2, 0) is 16.1 Å². The molecule has 0 bridgehead atoms. The van der Waals surface area contributed by atoms with E-state index < -0.39 is 30.5 Å². The summed E-state index contributed by atoms with van der Waals surface area (Å²) in [6, 6.07) is 10.9. The lowest BCUT2D eigenvalue weighted by Gasteiger charge is -2.33. The molecule has 0 spiro atoms. The molecule has 0 saturated carbocycles. The molecule has 3 rings (SSSR count). The molecule has 0 aliphatic carbocycles. The molecule has 1 aliphatic heterocycles. The fourth-order valence-electron chi connectivity index (χ4n) is 3.52. The van der Waals surface area contributed by atoms with Gasteiger partial charge in [-0.15, -0.1) is 0 Å². The molecular weight excluding hydrogens is 423 g/mol. The highest BCUT2D eigenvalue weighted by Crippen LogP contribution is 2.37. The molecule has 1 atom stereocenters. The summed E-state index contributed by atoms with van der Waals surface area (Å²) in [6.07, 6.45) is -3.99. The van der Waals surface area contributed by atoms with E-state index in [2.05, 4.69) is 11.9 Å². The van der Waals surface area contributed by atoms with E-state index >= 15 is 0 Å². The summed E-state index contributed by atoms with van der Waals surface area (Å²) in [5.74, 6) is -0.870. The highest BCUT2D eigenvalue weighted by Gasteiger charge is 2.49. The van der Waals surface area contributed by atoms with Crippen molar-refractivity contribution in [3.63, 3.8) is 0 Å². The van der Waals surface area contributed by atoms with Crippen LogP contribution < -0.4 is 15.0 Å². The van der Waals surface area contributed by atoms with E-state index in [1.807, 2.05) is 12.1 Å². The first kappa shape index (κ1) is 23.3. The number of carbonyl (C=O) groups is 2. The SMILES string of the molecule is C=CCOc1ccc(CN(C)CC(=O)N2c3ccccc3NC(=O)C[C@@H]2C(F)(F)F)cc1. The van der Waals surface area contributed by atoms with Crippen molar-refractivity contribution in [2.45, 2.75) is 25.2 Å². The molecule has 0 aromatic heterocycles. The molecule has 1 N–H and O–H groups in total. The fourth-order valence-corrected chi connectivity index (χ4v) is 3.52. The van der Waals surface area contributed by atoms with Crippen LogP contribution in [0.5, 0.6) is 5.75 Å². The summed E-state index contributed by atoms with van der Waals surface area (Å²) in [6.45, 7) is 4.04. The van der Waals surface area contributed by atoms with Gasteiger partial charge in [0.2, 0.25) is 11.8 Å². The second-order valence-corrected chi connectivity index (χ2v) is 7.51. The Balaban J connectivity index is 1.77. The van der Waals surface area contributed by atoms with Crippen LogP contribution in [0.3, 0.4) is 0 Å². The lowest BCUT2D eigenvalue weighted by Crippen LogP contribution is -2.52. The zero-order valence-electron chi connectivity index (χ0n) is 17.6. The van der Waals surface area contributed by atoms with Crippen LogP contribution in [0.2, 0.25) is 0 Å². The summed E-state index contributed by atoms with van der Waals surface area (Å²) < 4.78 is 46.8. The Kier molecular flexibility index (Phi) is 7.19. The molecule has 0 unspecified atom stereocenters. The van der Waals surface area contributed by atoms with Crippen LogP contribution in [0.15, 0.2) is 61.2 Å². The van der Waals surface area contributed by atoms with Crippen LogP contribution in [0.25, 0.3) is 0 Å². The van der Waals surface area contributed by atoms with Crippen LogP contribution in [0, 0.1) is 0 Å². The van der Waals surface area contributed by atoms with Crippen molar-refractivity contribution in [2.24, 2.45) is 0 Å². The number of likely N-dealkylation sites (N-methyl/N-ethyl adjacent to an activating group) is 1. The van der Waals surface area contributed by atoms with E-state index in [1.54, 1.807) is 36.2 Å². The first-order valence-electron chi connectivity index (χ1n) is 9.98. The van der Waals surface area contributed by atoms with Gasteiger partial charge in [0.05, 0.1) is 24.3 Å². The molecule has 0 radical (unpaired) electrons. The summed E-state index contributed by atoms with van der Waals surface area (Å²) >= 11 is 0. The number of carbonyl (C=O) groups excluding carboxylic acids is 2. The van der Waals surface area contributed by atoms with E-state index in [0.29, 0.717) is 23.8 Å². The zero-order chi connectivity index (χ0) is 23.3. The first-order chi connectivity index (χ1) is 15.2. The molecule has 9 heteroatoms.